The molecule has 1 atom stereocenters. The van der Waals surface area contributed by atoms with Gasteiger partial charge in [0.15, 0.2) is 23.0 Å². The summed E-state index contributed by atoms with van der Waals surface area (Å²) in [6.45, 7) is 0.156. The van der Waals surface area contributed by atoms with Crippen LogP contribution in [0.5, 0.6) is 23.0 Å². The van der Waals surface area contributed by atoms with Crippen LogP contribution in [-0.4, -0.2) is 24.9 Å². The standard InChI is InChI=1S/C22H18N2O5/c1-27-18-8-6-13(10-17(18)25)21-23-16-5-3-2-4-15(16)22(26)24(21)14-7-9-19-20(11-14)29-12-28-19/h2-11,21,23,25H,12H2,1H3/t21-/m1/s1. The highest BCUT2D eigenvalue weighted by Gasteiger charge is 2.35. The van der Waals surface area contributed by atoms with Crippen molar-refractivity contribution in [2.75, 3.05) is 24.1 Å². The second kappa shape index (κ2) is 6.63. The number of carbonyl (C=O) groups excluding carboxylic acids is 1. The number of phenolic OH excluding ortho intramolecular Hbond substituents is 1. The highest BCUT2D eigenvalue weighted by Crippen LogP contribution is 2.42. The number of hydrogen-bond donors (Lipinski definition) is 2. The van der Waals surface area contributed by atoms with Gasteiger partial charge in [0.25, 0.3) is 5.91 Å². The van der Waals surface area contributed by atoms with E-state index in [1.54, 1.807) is 35.2 Å². The van der Waals surface area contributed by atoms with Gasteiger partial charge >= 0.3 is 0 Å². The van der Waals surface area contributed by atoms with Gasteiger partial charge in [-0.1, -0.05) is 18.2 Å². The first-order valence-corrected chi connectivity index (χ1v) is 9.11. The number of carbonyl (C=O) groups is 1. The van der Waals surface area contributed by atoms with Crippen molar-refractivity contribution < 1.29 is 24.1 Å². The van der Waals surface area contributed by atoms with Crippen LogP contribution in [0.1, 0.15) is 22.1 Å². The minimum Gasteiger partial charge on any atom is -0.504 e. The number of ether oxygens (including phenoxy) is 3. The predicted octanol–water partition coefficient (Wildman–Crippen LogP) is 3.90. The molecule has 2 N–H and O–H groups in total. The Balaban J connectivity index is 1.64. The van der Waals surface area contributed by atoms with Gasteiger partial charge in [0.2, 0.25) is 6.79 Å². The second-order valence-corrected chi connectivity index (χ2v) is 6.74. The Morgan fingerprint density at radius 2 is 1.90 bits per heavy atom. The maximum Gasteiger partial charge on any atom is 0.262 e. The summed E-state index contributed by atoms with van der Waals surface area (Å²) in [5.41, 5.74) is 2.67. The molecule has 0 saturated heterocycles. The van der Waals surface area contributed by atoms with Crippen LogP contribution in [0.15, 0.2) is 60.7 Å². The maximum atomic E-state index is 13.4. The minimum atomic E-state index is -0.533. The Hall–Kier alpha value is -3.87. The van der Waals surface area contributed by atoms with Gasteiger partial charge in [-0.2, -0.15) is 0 Å². The second-order valence-electron chi connectivity index (χ2n) is 6.74. The van der Waals surface area contributed by atoms with Crippen molar-refractivity contribution in [2.24, 2.45) is 0 Å². The van der Waals surface area contributed by atoms with E-state index < -0.39 is 6.17 Å². The summed E-state index contributed by atoms with van der Waals surface area (Å²) in [6, 6.07) is 17.8. The maximum absolute atomic E-state index is 13.4. The van der Waals surface area contributed by atoms with Crippen LogP contribution in [0.25, 0.3) is 0 Å². The van der Waals surface area contributed by atoms with Gasteiger partial charge in [0.05, 0.1) is 18.4 Å². The summed E-state index contributed by atoms with van der Waals surface area (Å²) < 4.78 is 16.0. The number of nitrogens with zero attached hydrogens (tertiary/aromatic N) is 1. The van der Waals surface area contributed by atoms with Crippen LogP contribution >= 0.6 is 0 Å². The zero-order valence-electron chi connectivity index (χ0n) is 15.6. The smallest absolute Gasteiger partial charge is 0.262 e. The number of para-hydroxylation sites is 1. The first-order chi connectivity index (χ1) is 14.2. The molecule has 2 heterocycles. The van der Waals surface area contributed by atoms with Gasteiger partial charge in [0.1, 0.15) is 6.17 Å². The zero-order valence-corrected chi connectivity index (χ0v) is 15.6. The van der Waals surface area contributed by atoms with Gasteiger partial charge in [0, 0.05) is 11.8 Å². The Labute approximate surface area is 167 Å². The summed E-state index contributed by atoms with van der Waals surface area (Å²) >= 11 is 0. The number of amides is 1. The largest absolute Gasteiger partial charge is 0.504 e. The van der Waals surface area contributed by atoms with Crippen LogP contribution in [0.4, 0.5) is 11.4 Å². The highest BCUT2D eigenvalue weighted by atomic mass is 16.7. The van der Waals surface area contributed by atoms with E-state index >= 15 is 0 Å². The van der Waals surface area contributed by atoms with Gasteiger partial charge in [-0.25, -0.2) is 0 Å². The molecule has 29 heavy (non-hydrogen) atoms. The van der Waals surface area contributed by atoms with Crippen LogP contribution < -0.4 is 24.4 Å². The lowest BCUT2D eigenvalue weighted by Gasteiger charge is -2.38. The highest BCUT2D eigenvalue weighted by molar-refractivity contribution is 6.12. The summed E-state index contributed by atoms with van der Waals surface area (Å²) in [5, 5.41) is 13.7. The molecule has 3 aromatic carbocycles. The van der Waals surface area contributed by atoms with Crippen molar-refractivity contribution in [3.05, 3.63) is 71.8 Å². The molecule has 0 spiro atoms. The Morgan fingerprint density at radius 1 is 1.07 bits per heavy atom. The molecule has 0 aromatic heterocycles. The summed E-state index contributed by atoms with van der Waals surface area (Å²) in [7, 11) is 1.49. The number of aromatic hydroxyl groups is 1. The van der Waals surface area contributed by atoms with Gasteiger partial charge < -0.3 is 24.6 Å². The van der Waals surface area contributed by atoms with Crippen molar-refractivity contribution in [2.45, 2.75) is 6.17 Å². The monoisotopic (exact) mass is 390 g/mol. The molecule has 0 saturated carbocycles. The van der Waals surface area contributed by atoms with E-state index in [4.69, 9.17) is 14.2 Å². The van der Waals surface area contributed by atoms with Crippen molar-refractivity contribution in [3.8, 4) is 23.0 Å². The lowest BCUT2D eigenvalue weighted by molar-refractivity contribution is 0.0975. The first-order valence-electron chi connectivity index (χ1n) is 9.11. The molecule has 3 aromatic rings. The SMILES string of the molecule is COc1ccc([C@@H]2Nc3ccccc3C(=O)N2c2ccc3c(c2)OCO3)cc1O. The van der Waals surface area contributed by atoms with E-state index in [0.29, 0.717) is 34.1 Å². The van der Waals surface area contributed by atoms with Crippen LogP contribution in [-0.2, 0) is 0 Å². The molecule has 0 fully saturated rings. The number of rotatable bonds is 3. The predicted molar refractivity (Wildman–Crippen MR) is 107 cm³/mol. The zero-order chi connectivity index (χ0) is 20.0. The molecule has 1 amide bonds. The molecule has 2 aliphatic heterocycles. The molecule has 7 heteroatoms. The summed E-state index contributed by atoms with van der Waals surface area (Å²) in [4.78, 5) is 15.1. The minimum absolute atomic E-state index is 0.00347. The van der Waals surface area contributed by atoms with E-state index in [2.05, 4.69) is 5.32 Å². The quantitative estimate of drug-likeness (QED) is 0.706. The van der Waals surface area contributed by atoms with Gasteiger partial charge in [-0.3, -0.25) is 9.69 Å². The van der Waals surface area contributed by atoms with Gasteiger partial charge in [-0.15, -0.1) is 0 Å². The topological polar surface area (TPSA) is 80.3 Å². The first kappa shape index (κ1) is 17.2. The molecule has 0 radical (unpaired) electrons. The third-order valence-electron chi connectivity index (χ3n) is 5.08. The Kier molecular flexibility index (Phi) is 3.94. The van der Waals surface area contributed by atoms with Crippen molar-refractivity contribution >= 4 is 17.3 Å². The molecule has 0 aliphatic carbocycles. The lowest BCUT2D eigenvalue weighted by Crippen LogP contribution is -2.43. The number of phenols is 1. The molecule has 0 bridgehead atoms. The molecule has 0 unspecified atom stereocenters. The number of fused-ring (bicyclic) bond motifs is 2. The number of nitrogens with one attached hydrogen (secondary N) is 1. The van der Waals surface area contributed by atoms with E-state index in [0.717, 1.165) is 5.69 Å². The third-order valence-corrected chi connectivity index (χ3v) is 5.08. The molecule has 7 nitrogen and oxygen atoms in total. The lowest BCUT2D eigenvalue weighted by atomic mass is 10.0. The Morgan fingerprint density at radius 3 is 2.72 bits per heavy atom. The molecule has 5 rings (SSSR count). The molecule has 146 valence electrons. The van der Waals surface area contributed by atoms with Crippen LogP contribution in [0.3, 0.4) is 0 Å². The van der Waals surface area contributed by atoms with Crippen molar-refractivity contribution in [1.29, 1.82) is 0 Å². The number of benzene rings is 3. The van der Waals surface area contributed by atoms with E-state index in [1.807, 2.05) is 30.3 Å². The van der Waals surface area contributed by atoms with Crippen LogP contribution in [0.2, 0.25) is 0 Å². The normalized spacial score (nSPS) is 16.9. The fourth-order valence-electron chi connectivity index (χ4n) is 3.67. The molecular weight excluding hydrogens is 372 g/mol. The van der Waals surface area contributed by atoms with Crippen molar-refractivity contribution in [1.82, 2.24) is 0 Å². The van der Waals surface area contributed by atoms with Crippen molar-refractivity contribution in [3.63, 3.8) is 0 Å². The molecule has 2 aliphatic rings. The Bertz CT molecular complexity index is 1110. The fourth-order valence-corrected chi connectivity index (χ4v) is 3.67. The number of hydrogen-bond acceptors (Lipinski definition) is 6. The average molecular weight is 390 g/mol. The van der Waals surface area contributed by atoms with E-state index in [1.165, 1.54) is 7.11 Å². The summed E-state index contributed by atoms with van der Waals surface area (Å²) in [6.07, 6.45) is -0.533. The van der Waals surface area contributed by atoms with E-state index in [9.17, 15) is 9.90 Å². The van der Waals surface area contributed by atoms with E-state index in [-0.39, 0.29) is 18.4 Å². The van der Waals surface area contributed by atoms with Crippen LogP contribution in [0, 0.1) is 0 Å². The van der Waals surface area contributed by atoms with Gasteiger partial charge in [-0.05, 0) is 42.0 Å². The third kappa shape index (κ3) is 2.79. The molecular formula is C22H18N2O5. The number of methoxy groups -OCH3 is 1. The fraction of sp³-hybridized carbons (Fsp3) is 0.136. The summed E-state index contributed by atoms with van der Waals surface area (Å²) in [5.74, 6) is 1.45. The average Bonchev–Trinajstić information content (AvgIpc) is 3.21. The number of anilines is 2.